The van der Waals surface area contributed by atoms with Gasteiger partial charge in [-0.2, -0.15) is 0 Å². The highest BCUT2D eigenvalue weighted by atomic mass is 79.9. The number of halogens is 1. The molecule has 0 bridgehead atoms. The van der Waals surface area contributed by atoms with Gasteiger partial charge < -0.3 is 16.0 Å². The highest BCUT2D eigenvalue weighted by Gasteiger charge is 2.44. The largest absolute Gasteiger partial charge is 0.330 e. The van der Waals surface area contributed by atoms with Crippen LogP contribution in [-0.4, -0.2) is 62.7 Å². The lowest BCUT2D eigenvalue weighted by molar-refractivity contribution is -0.910. The van der Waals surface area contributed by atoms with Gasteiger partial charge in [-0.1, -0.05) is 72.8 Å². The molecule has 0 amide bonds. The zero-order valence-electron chi connectivity index (χ0n) is 27.3. The molecule has 0 aromatic heterocycles. The van der Waals surface area contributed by atoms with E-state index >= 15 is 0 Å². The van der Waals surface area contributed by atoms with Crippen LogP contribution in [0.3, 0.4) is 0 Å². The summed E-state index contributed by atoms with van der Waals surface area (Å²) in [5.41, 5.74) is 11.8. The molecule has 0 fully saturated rings. The smallest absolute Gasteiger partial charge is 0.151 e. The Bertz CT molecular complexity index is 1270. The molecule has 4 N–H and O–H groups in total. The number of nitrogens with zero attached hydrogens (tertiary/aromatic N) is 1. The highest BCUT2D eigenvalue weighted by molar-refractivity contribution is 9.43. The van der Waals surface area contributed by atoms with Crippen molar-refractivity contribution >= 4 is 49.9 Å². The van der Waals surface area contributed by atoms with Gasteiger partial charge in [-0.3, -0.25) is 0 Å². The van der Waals surface area contributed by atoms with E-state index in [1.165, 1.54) is 61.3 Å². The summed E-state index contributed by atoms with van der Waals surface area (Å²) in [5, 5.41) is 6.00. The van der Waals surface area contributed by atoms with Crippen LogP contribution in [-0.2, 0) is 0 Å². The summed E-state index contributed by atoms with van der Waals surface area (Å²) in [7, 11) is 0.813. The molecule has 3 nitrogen and oxygen atoms in total. The molecule has 0 aliphatic carbocycles. The van der Waals surface area contributed by atoms with Gasteiger partial charge in [-0.15, -0.1) is 0 Å². The van der Waals surface area contributed by atoms with Crippen LogP contribution in [0.1, 0.15) is 38.5 Å². The fourth-order valence-corrected chi connectivity index (χ4v) is 16.3. The van der Waals surface area contributed by atoms with Crippen molar-refractivity contribution in [3.8, 4) is 0 Å². The van der Waals surface area contributed by atoms with Crippen molar-refractivity contribution in [3.05, 3.63) is 121 Å². The van der Waals surface area contributed by atoms with Crippen LogP contribution in [0.5, 0.6) is 0 Å². The van der Waals surface area contributed by atoms with Crippen molar-refractivity contribution in [2.24, 2.45) is 11.5 Å². The Labute approximate surface area is 282 Å². The molecule has 45 heavy (non-hydrogen) atoms. The maximum atomic E-state index is 5.92. The van der Waals surface area contributed by atoms with Gasteiger partial charge in [0.1, 0.15) is 16.6 Å². The Kier molecular flexibility index (Phi) is 14.7. The first kappa shape index (κ1) is 35.9. The summed E-state index contributed by atoms with van der Waals surface area (Å²) in [6.45, 7) is 5.02. The van der Waals surface area contributed by atoms with Crippen LogP contribution >= 0.6 is 28.7 Å². The maximum Gasteiger partial charge on any atom is 0.151 e. The van der Waals surface area contributed by atoms with Crippen molar-refractivity contribution in [1.82, 2.24) is 0 Å². The lowest BCUT2D eigenvalue weighted by atomic mass is 10.2. The average Bonchev–Trinajstić information content (AvgIpc) is 3.11. The molecular formula is C39H55BrN3P2+3. The molecule has 0 aliphatic rings. The zero-order chi connectivity index (χ0) is 31.9. The van der Waals surface area contributed by atoms with E-state index in [1.54, 1.807) is 10.6 Å². The van der Waals surface area contributed by atoms with E-state index in [-0.39, 0.29) is 0 Å². The van der Waals surface area contributed by atoms with Crippen molar-refractivity contribution < 1.29 is 4.48 Å². The van der Waals surface area contributed by atoms with Gasteiger partial charge in [0.2, 0.25) is 0 Å². The SMILES string of the molecule is C[N+](CCCN)(CCCN)CCCC[P+](CCCC[P+](Br)(c1ccccc1)c1ccccc1)(c1ccccc1)c1ccccc1. The van der Waals surface area contributed by atoms with Crippen LogP contribution in [0.4, 0.5) is 0 Å². The molecule has 6 heteroatoms. The molecule has 0 heterocycles. The third-order valence-corrected chi connectivity index (χ3v) is 20.8. The van der Waals surface area contributed by atoms with Gasteiger partial charge in [0.15, 0.2) is 15.5 Å². The Morgan fingerprint density at radius 2 is 0.800 bits per heavy atom. The molecule has 0 saturated heterocycles. The molecular weight excluding hydrogens is 652 g/mol. The highest BCUT2D eigenvalue weighted by Crippen LogP contribution is 2.65. The van der Waals surface area contributed by atoms with Crippen molar-refractivity contribution in [1.29, 1.82) is 0 Å². The monoisotopic (exact) mass is 706 g/mol. The Morgan fingerprint density at radius 3 is 1.20 bits per heavy atom. The lowest BCUT2D eigenvalue weighted by Crippen LogP contribution is -2.47. The second-order valence-electron chi connectivity index (χ2n) is 12.7. The van der Waals surface area contributed by atoms with Gasteiger partial charge in [0, 0.05) is 19.3 Å². The molecule has 0 radical (unpaired) electrons. The first-order valence-electron chi connectivity index (χ1n) is 16.9. The predicted octanol–water partition coefficient (Wildman–Crippen LogP) is 7.34. The van der Waals surface area contributed by atoms with E-state index < -0.39 is 13.2 Å². The van der Waals surface area contributed by atoms with Crippen molar-refractivity contribution in [2.75, 3.05) is 58.3 Å². The minimum Gasteiger partial charge on any atom is -0.330 e. The van der Waals surface area contributed by atoms with E-state index in [1.807, 2.05) is 0 Å². The zero-order valence-corrected chi connectivity index (χ0v) is 30.7. The second kappa shape index (κ2) is 18.4. The van der Waals surface area contributed by atoms with E-state index in [2.05, 4.69) is 144 Å². The van der Waals surface area contributed by atoms with E-state index in [0.717, 1.165) is 43.5 Å². The van der Waals surface area contributed by atoms with Gasteiger partial charge in [0.25, 0.3) is 0 Å². The number of benzene rings is 4. The minimum absolute atomic E-state index is 0.764. The maximum absolute atomic E-state index is 5.92. The first-order chi connectivity index (χ1) is 22.0. The van der Waals surface area contributed by atoms with E-state index in [0.29, 0.717) is 0 Å². The van der Waals surface area contributed by atoms with Gasteiger partial charge in [-0.25, -0.2) is 0 Å². The van der Waals surface area contributed by atoms with E-state index in [9.17, 15) is 0 Å². The third kappa shape index (κ3) is 10.0. The topological polar surface area (TPSA) is 52.0 Å². The molecule has 4 aromatic carbocycles. The fourth-order valence-electron chi connectivity index (χ4n) is 6.81. The molecule has 0 spiro atoms. The number of nitrogens with two attached hydrogens (primary N) is 2. The fraction of sp³-hybridized carbons (Fsp3) is 0.385. The summed E-state index contributed by atoms with van der Waals surface area (Å²) >= 11 is 4.38. The Morgan fingerprint density at radius 1 is 0.467 bits per heavy atom. The second-order valence-corrected chi connectivity index (χ2v) is 23.1. The van der Waals surface area contributed by atoms with Crippen LogP contribution in [0, 0.1) is 0 Å². The standard InChI is InChI=1S/C39H55BrN3P2/c1-43(31-18-28-41,32-19-29-42)30-14-15-33-44(36-20-6-2-7-21-36,37-22-8-3-9-23-37)34-16-17-35-45(40,38-24-10-4-11-25-38)39-26-12-5-13-27-39/h2-13,20-27H,14-19,28-35,41-42H2,1H3/q+3. The van der Waals surface area contributed by atoms with Crippen molar-refractivity contribution in [2.45, 2.75) is 38.5 Å². The van der Waals surface area contributed by atoms with Crippen LogP contribution in [0.15, 0.2) is 121 Å². The van der Waals surface area contributed by atoms with Crippen molar-refractivity contribution in [3.63, 3.8) is 0 Å². The molecule has 0 saturated carbocycles. The van der Waals surface area contributed by atoms with Gasteiger partial charge in [0.05, 0.1) is 63.0 Å². The number of unbranched alkanes of at least 4 members (excludes halogenated alkanes) is 2. The van der Waals surface area contributed by atoms with E-state index in [4.69, 9.17) is 11.5 Å². The summed E-state index contributed by atoms with van der Waals surface area (Å²) in [6, 6.07) is 45.3. The molecule has 4 rings (SSSR count). The Hall–Kier alpha value is -1.90. The van der Waals surface area contributed by atoms with Crippen LogP contribution < -0.4 is 32.7 Å². The van der Waals surface area contributed by atoms with Gasteiger partial charge in [-0.05, 0) is 80.9 Å². The molecule has 0 aliphatic heterocycles. The quantitative estimate of drug-likeness (QED) is 0.0575. The molecule has 4 aromatic rings. The van der Waals surface area contributed by atoms with Gasteiger partial charge >= 0.3 is 0 Å². The summed E-state index contributed by atoms with van der Waals surface area (Å²) < 4.78 is 1.09. The number of rotatable bonds is 20. The lowest BCUT2D eigenvalue weighted by Gasteiger charge is -2.35. The normalized spacial score (nSPS) is 12.4. The number of hydrogen-bond acceptors (Lipinski definition) is 2. The summed E-state index contributed by atoms with van der Waals surface area (Å²) in [6.07, 6.45) is 10.8. The minimum atomic E-state index is -1.66. The third-order valence-electron chi connectivity index (χ3n) is 9.38. The molecule has 0 atom stereocenters. The number of hydrogen-bond donors (Lipinski definition) is 2. The molecule has 0 unspecified atom stereocenters. The summed E-state index contributed by atoms with van der Waals surface area (Å²) in [5.74, 6) is -1.66. The first-order valence-corrected chi connectivity index (χ1v) is 23.0. The Balaban J connectivity index is 1.55. The van der Waals surface area contributed by atoms with Crippen LogP contribution in [0.2, 0.25) is 0 Å². The average molecular weight is 708 g/mol. The van der Waals surface area contributed by atoms with Crippen LogP contribution in [0.25, 0.3) is 0 Å². The predicted molar refractivity (Wildman–Crippen MR) is 208 cm³/mol. The summed E-state index contributed by atoms with van der Waals surface area (Å²) in [4.78, 5) is 0. The molecule has 240 valence electrons. The number of quaternary nitrogens is 1.